The van der Waals surface area contributed by atoms with Crippen LogP contribution in [0.5, 0.6) is 0 Å². The minimum Gasteiger partial charge on any atom is -0.481 e. The Bertz CT molecular complexity index is 1370. The van der Waals surface area contributed by atoms with Crippen molar-refractivity contribution in [3.63, 3.8) is 0 Å². The molecule has 9 nitrogen and oxygen atoms in total. The molecule has 0 aliphatic carbocycles. The number of ether oxygens (including phenoxy) is 1. The molecule has 0 fully saturated rings. The van der Waals surface area contributed by atoms with Gasteiger partial charge in [0.25, 0.3) is 5.91 Å². The highest BCUT2D eigenvalue weighted by Crippen LogP contribution is 2.32. The average molecular weight is 643 g/mol. The van der Waals surface area contributed by atoms with Crippen molar-refractivity contribution in [3.8, 4) is 0 Å². The number of rotatable bonds is 10. The number of hydrogen-bond donors (Lipinski definition) is 2. The molecule has 1 atom stereocenters. The summed E-state index contributed by atoms with van der Waals surface area (Å²) in [4.78, 5) is 56.0. The summed E-state index contributed by atoms with van der Waals surface area (Å²) in [5, 5.41) is 12.2. The van der Waals surface area contributed by atoms with Gasteiger partial charge in [-0.3, -0.25) is 24.3 Å². The lowest BCUT2D eigenvalue weighted by molar-refractivity contribution is -0.137. The first-order valence-electron chi connectivity index (χ1n) is 14.0. The van der Waals surface area contributed by atoms with Gasteiger partial charge in [0.15, 0.2) is 5.78 Å². The summed E-state index contributed by atoms with van der Waals surface area (Å²) in [7, 11) is 0. The van der Waals surface area contributed by atoms with Crippen LogP contribution in [0, 0.1) is 0 Å². The Morgan fingerprint density at radius 2 is 1.76 bits per heavy atom. The first-order chi connectivity index (χ1) is 19.5. The van der Waals surface area contributed by atoms with E-state index in [1.807, 2.05) is 24.3 Å². The van der Waals surface area contributed by atoms with Crippen molar-refractivity contribution in [1.29, 1.82) is 0 Å². The molecule has 3 rings (SSSR count). The number of aliphatic carboxylic acids is 1. The maximum absolute atomic E-state index is 12.9. The number of carboxylic acids is 1. The van der Waals surface area contributed by atoms with Gasteiger partial charge in [-0.05, 0) is 67.1 Å². The predicted octanol–water partition coefficient (Wildman–Crippen LogP) is 5.89. The third kappa shape index (κ3) is 9.79. The number of hydrogen-bond acceptors (Lipinski definition) is 6. The van der Waals surface area contributed by atoms with Crippen LogP contribution >= 0.6 is 15.9 Å². The number of carbonyl (C=O) groups excluding carboxylic acids is 3. The zero-order valence-corrected chi connectivity index (χ0v) is 26.7. The van der Waals surface area contributed by atoms with Crippen molar-refractivity contribution >= 4 is 45.5 Å². The van der Waals surface area contributed by atoms with E-state index in [9.17, 15) is 24.3 Å². The Balaban J connectivity index is 1.64. The number of amides is 2. The van der Waals surface area contributed by atoms with E-state index in [-0.39, 0.29) is 30.6 Å². The highest BCUT2D eigenvalue weighted by Gasteiger charge is 2.29. The monoisotopic (exact) mass is 641 g/mol. The molecule has 2 amide bonds. The zero-order chi connectivity index (χ0) is 31.2. The van der Waals surface area contributed by atoms with Gasteiger partial charge in [0.1, 0.15) is 11.4 Å². The minimum atomic E-state index is -0.997. The highest BCUT2D eigenvalue weighted by atomic mass is 79.9. The first-order valence-corrected chi connectivity index (χ1v) is 14.8. The van der Waals surface area contributed by atoms with Gasteiger partial charge in [0.05, 0.1) is 26.1 Å². The second-order valence-corrected chi connectivity index (χ2v) is 13.5. The van der Waals surface area contributed by atoms with Crippen LogP contribution in [0.4, 0.5) is 4.79 Å². The molecule has 0 aromatic heterocycles. The van der Waals surface area contributed by atoms with Crippen molar-refractivity contribution in [2.75, 3.05) is 19.6 Å². The number of benzene rings is 2. The number of nitrogens with zero attached hydrogens (tertiary/aromatic N) is 2. The van der Waals surface area contributed by atoms with Crippen LogP contribution in [0.1, 0.15) is 87.4 Å². The van der Waals surface area contributed by atoms with E-state index in [0.717, 1.165) is 21.2 Å². The normalized spacial score (nSPS) is 14.3. The van der Waals surface area contributed by atoms with Gasteiger partial charge >= 0.3 is 12.1 Å². The number of Topliss-reactive ketones (excluding diaryl/α,β-unsaturated/α-hetero) is 1. The minimum absolute atomic E-state index is 0.0209. The molecule has 42 heavy (non-hydrogen) atoms. The van der Waals surface area contributed by atoms with Gasteiger partial charge in [0.2, 0.25) is 0 Å². The number of nitrogens with one attached hydrogen (secondary N) is 1. The van der Waals surface area contributed by atoms with Crippen LogP contribution < -0.4 is 5.32 Å². The summed E-state index contributed by atoms with van der Waals surface area (Å²) < 4.78 is 6.30. The summed E-state index contributed by atoms with van der Waals surface area (Å²) in [6, 6.07) is 12.7. The molecule has 10 heteroatoms. The van der Waals surface area contributed by atoms with Crippen LogP contribution in [0.3, 0.4) is 0 Å². The Labute approximate surface area is 255 Å². The summed E-state index contributed by atoms with van der Waals surface area (Å²) in [6.45, 7) is 12.3. The van der Waals surface area contributed by atoms with Crippen molar-refractivity contribution < 1.29 is 29.0 Å². The van der Waals surface area contributed by atoms with Crippen molar-refractivity contribution in [3.05, 3.63) is 69.2 Å². The number of carboxylic acid groups (broad SMARTS) is 1. The summed E-state index contributed by atoms with van der Waals surface area (Å²) in [5.74, 6) is -1.65. The van der Waals surface area contributed by atoms with Crippen molar-refractivity contribution in [1.82, 2.24) is 10.2 Å². The smallest absolute Gasteiger partial charge is 0.415 e. The van der Waals surface area contributed by atoms with Gasteiger partial charge < -0.3 is 15.2 Å². The number of carbonyl (C=O) groups is 4. The zero-order valence-electron chi connectivity index (χ0n) is 25.1. The molecule has 2 aromatic rings. The third-order valence-corrected chi connectivity index (χ3v) is 7.15. The van der Waals surface area contributed by atoms with Gasteiger partial charge in [-0.2, -0.15) is 0 Å². The van der Waals surface area contributed by atoms with Crippen LogP contribution in [0.25, 0.3) is 0 Å². The standard InChI is InChI=1S/C32H40BrN3O6/c1-31(2,3)24-14-22(15-25(33)18-24)23(17-28(38)39)16-26(37)19-35-29(40)21-9-7-8-20(12-21)13-27-34-10-11-36(27)30(41)42-32(4,5)6/h7-9,12,14-15,18,23H,10-11,13,16-17,19H2,1-6H3,(H,35,40)(H,38,39)/t23-/m0/s1. The van der Waals surface area contributed by atoms with E-state index in [1.165, 1.54) is 4.90 Å². The van der Waals surface area contributed by atoms with Gasteiger partial charge in [-0.1, -0.05) is 54.9 Å². The first kappa shape index (κ1) is 33.0. The molecule has 0 saturated carbocycles. The molecule has 0 radical (unpaired) electrons. The molecule has 2 aromatic carbocycles. The lowest BCUT2D eigenvalue weighted by Crippen LogP contribution is -2.39. The molecule has 0 bridgehead atoms. The fraction of sp³-hybridized carbons (Fsp3) is 0.469. The molecule has 226 valence electrons. The Morgan fingerprint density at radius 3 is 2.40 bits per heavy atom. The summed E-state index contributed by atoms with van der Waals surface area (Å²) >= 11 is 3.51. The molecule has 2 N–H and O–H groups in total. The van der Waals surface area contributed by atoms with Crippen LogP contribution in [0.15, 0.2) is 51.9 Å². The van der Waals surface area contributed by atoms with Gasteiger partial charge in [-0.25, -0.2) is 4.79 Å². The summed E-state index contributed by atoms with van der Waals surface area (Å²) in [6.07, 6.45) is -0.331. The molecular formula is C32H40BrN3O6. The number of ketones is 1. The van der Waals surface area contributed by atoms with Crippen LogP contribution in [-0.2, 0) is 26.2 Å². The lowest BCUT2D eigenvalue weighted by Gasteiger charge is -2.25. The van der Waals surface area contributed by atoms with E-state index in [0.29, 0.717) is 30.9 Å². The largest absolute Gasteiger partial charge is 0.481 e. The van der Waals surface area contributed by atoms with Gasteiger partial charge in [-0.15, -0.1) is 0 Å². The lowest BCUT2D eigenvalue weighted by atomic mass is 9.83. The van der Waals surface area contributed by atoms with E-state index >= 15 is 0 Å². The number of halogens is 1. The van der Waals surface area contributed by atoms with Crippen LogP contribution in [-0.4, -0.2) is 64.8 Å². The second kappa shape index (κ2) is 13.6. The predicted molar refractivity (Wildman–Crippen MR) is 165 cm³/mol. The maximum atomic E-state index is 12.9. The summed E-state index contributed by atoms with van der Waals surface area (Å²) in [5.41, 5.74) is 2.17. The second-order valence-electron chi connectivity index (χ2n) is 12.6. The topological polar surface area (TPSA) is 125 Å². The highest BCUT2D eigenvalue weighted by molar-refractivity contribution is 9.10. The Kier molecular flexibility index (Phi) is 10.7. The van der Waals surface area contributed by atoms with Crippen molar-refractivity contribution in [2.24, 2.45) is 4.99 Å². The SMILES string of the molecule is CC(C)(C)OC(=O)N1CCN=C1Cc1cccc(C(=O)NCC(=O)C[C@@H](CC(=O)O)c2cc(Br)cc(C(C)(C)C)c2)c1. The molecule has 0 saturated heterocycles. The van der Waals surface area contributed by atoms with E-state index < -0.39 is 29.5 Å². The quantitative estimate of drug-likeness (QED) is 0.333. The molecular weight excluding hydrogens is 602 g/mol. The third-order valence-electron chi connectivity index (χ3n) is 6.69. The molecule has 0 unspecified atom stereocenters. The molecule has 1 aliphatic heterocycles. The van der Waals surface area contributed by atoms with Crippen LogP contribution in [0.2, 0.25) is 0 Å². The fourth-order valence-electron chi connectivity index (χ4n) is 4.59. The Morgan fingerprint density at radius 1 is 1.05 bits per heavy atom. The average Bonchev–Trinajstić information content (AvgIpc) is 3.33. The van der Waals surface area contributed by atoms with E-state index in [1.54, 1.807) is 39.0 Å². The van der Waals surface area contributed by atoms with E-state index in [4.69, 9.17) is 4.74 Å². The van der Waals surface area contributed by atoms with Gasteiger partial charge in [0, 0.05) is 28.8 Å². The molecule has 1 heterocycles. The maximum Gasteiger partial charge on any atom is 0.415 e. The fourth-order valence-corrected chi connectivity index (χ4v) is 5.10. The molecule has 0 spiro atoms. The van der Waals surface area contributed by atoms with Crippen molar-refractivity contribution in [2.45, 2.75) is 77.7 Å². The number of aliphatic imine (C=N–C) groups is 1. The molecule has 1 aliphatic rings. The Hall–Kier alpha value is -3.53. The van der Waals surface area contributed by atoms with E-state index in [2.05, 4.69) is 47.0 Å². The number of amidine groups is 1.